The van der Waals surface area contributed by atoms with Gasteiger partial charge in [-0.2, -0.15) is 0 Å². The standard InChI is InChI=1S/C19H16FNO4S2/c20-14-3-6-17(7-4-14)27(22,23)21(13-16-2-1-11-26-16)15-5-8-18-19(12-15)25-10-9-24-18/h1-8,11-12H,9-10,13H2. The Morgan fingerprint density at radius 3 is 2.44 bits per heavy atom. The highest BCUT2D eigenvalue weighted by atomic mass is 32.2. The fourth-order valence-corrected chi connectivity index (χ4v) is 4.99. The number of ether oxygens (including phenoxy) is 2. The molecule has 2 heterocycles. The van der Waals surface area contributed by atoms with Gasteiger partial charge in [-0.1, -0.05) is 6.07 Å². The molecule has 1 aliphatic rings. The Balaban J connectivity index is 1.78. The minimum absolute atomic E-state index is 0.0235. The molecule has 0 radical (unpaired) electrons. The fourth-order valence-electron chi connectivity index (χ4n) is 2.78. The smallest absolute Gasteiger partial charge is 0.264 e. The maximum atomic E-state index is 13.3. The minimum Gasteiger partial charge on any atom is -0.486 e. The molecule has 0 fully saturated rings. The SMILES string of the molecule is O=S(=O)(c1ccc(F)cc1)N(Cc1cccs1)c1ccc2c(c1)OCCO2. The van der Waals surface area contributed by atoms with E-state index in [1.807, 2.05) is 17.5 Å². The molecular weight excluding hydrogens is 389 g/mol. The van der Waals surface area contributed by atoms with E-state index in [0.717, 1.165) is 17.0 Å². The lowest BCUT2D eigenvalue weighted by Gasteiger charge is -2.26. The number of anilines is 1. The summed E-state index contributed by atoms with van der Waals surface area (Å²) in [6.45, 7) is 1.03. The maximum Gasteiger partial charge on any atom is 0.264 e. The molecule has 0 saturated heterocycles. The number of nitrogens with zero attached hydrogens (tertiary/aromatic N) is 1. The topological polar surface area (TPSA) is 55.8 Å². The first-order chi connectivity index (χ1) is 13.0. The molecule has 8 heteroatoms. The van der Waals surface area contributed by atoms with Crippen LogP contribution in [0.4, 0.5) is 10.1 Å². The average molecular weight is 405 g/mol. The summed E-state index contributed by atoms with van der Waals surface area (Å²) >= 11 is 1.47. The molecule has 140 valence electrons. The molecule has 5 nitrogen and oxygen atoms in total. The Morgan fingerprint density at radius 2 is 1.74 bits per heavy atom. The van der Waals surface area contributed by atoms with Crippen molar-refractivity contribution in [3.8, 4) is 11.5 Å². The summed E-state index contributed by atoms with van der Waals surface area (Å²) in [4.78, 5) is 0.908. The molecule has 3 aromatic rings. The second-order valence-electron chi connectivity index (χ2n) is 5.87. The summed E-state index contributed by atoms with van der Waals surface area (Å²) in [5, 5.41) is 1.89. The van der Waals surface area contributed by atoms with Crippen LogP contribution in [-0.2, 0) is 16.6 Å². The van der Waals surface area contributed by atoms with Crippen molar-refractivity contribution in [3.63, 3.8) is 0 Å². The molecule has 0 aliphatic carbocycles. The van der Waals surface area contributed by atoms with Crippen molar-refractivity contribution < 1.29 is 22.3 Å². The maximum absolute atomic E-state index is 13.3. The van der Waals surface area contributed by atoms with Gasteiger partial charge in [-0.05, 0) is 47.8 Å². The van der Waals surface area contributed by atoms with Gasteiger partial charge in [0.2, 0.25) is 0 Å². The predicted molar refractivity (Wildman–Crippen MR) is 102 cm³/mol. The van der Waals surface area contributed by atoms with E-state index < -0.39 is 15.8 Å². The van der Waals surface area contributed by atoms with Crippen molar-refractivity contribution in [2.75, 3.05) is 17.5 Å². The number of sulfonamides is 1. The number of hydrogen-bond acceptors (Lipinski definition) is 5. The zero-order chi connectivity index (χ0) is 18.9. The van der Waals surface area contributed by atoms with Crippen molar-refractivity contribution in [2.45, 2.75) is 11.4 Å². The highest BCUT2D eigenvalue weighted by molar-refractivity contribution is 7.92. The lowest BCUT2D eigenvalue weighted by atomic mass is 10.2. The van der Waals surface area contributed by atoms with Crippen LogP contribution in [-0.4, -0.2) is 21.6 Å². The van der Waals surface area contributed by atoms with Crippen molar-refractivity contribution >= 4 is 27.0 Å². The first-order valence-corrected chi connectivity index (χ1v) is 10.6. The average Bonchev–Trinajstić information content (AvgIpc) is 3.19. The molecule has 1 aromatic heterocycles. The number of thiophene rings is 1. The van der Waals surface area contributed by atoms with E-state index in [1.165, 1.54) is 27.8 Å². The van der Waals surface area contributed by atoms with E-state index in [-0.39, 0.29) is 11.4 Å². The van der Waals surface area contributed by atoms with Gasteiger partial charge in [0.15, 0.2) is 11.5 Å². The number of benzene rings is 2. The zero-order valence-electron chi connectivity index (χ0n) is 14.2. The van der Waals surface area contributed by atoms with Crippen LogP contribution in [0.2, 0.25) is 0 Å². The minimum atomic E-state index is -3.90. The number of rotatable bonds is 5. The lowest BCUT2D eigenvalue weighted by Crippen LogP contribution is -2.30. The summed E-state index contributed by atoms with van der Waals surface area (Å²) in [5.41, 5.74) is 0.456. The molecule has 2 aromatic carbocycles. The van der Waals surface area contributed by atoms with Gasteiger partial charge in [0.1, 0.15) is 19.0 Å². The van der Waals surface area contributed by atoms with Crippen LogP contribution in [0, 0.1) is 5.82 Å². The first kappa shape index (κ1) is 17.8. The summed E-state index contributed by atoms with van der Waals surface area (Å²) in [6, 6.07) is 13.6. The molecule has 1 aliphatic heterocycles. The third kappa shape index (κ3) is 3.63. The van der Waals surface area contributed by atoms with E-state index in [0.29, 0.717) is 30.4 Å². The monoisotopic (exact) mass is 405 g/mol. The van der Waals surface area contributed by atoms with Crippen LogP contribution in [0.25, 0.3) is 0 Å². The van der Waals surface area contributed by atoms with Gasteiger partial charge in [-0.3, -0.25) is 4.31 Å². The molecule has 0 spiro atoms. The largest absolute Gasteiger partial charge is 0.486 e. The molecule has 0 N–H and O–H groups in total. The summed E-state index contributed by atoms with van der Waals surface area (Å²) < 4.78 is 52.2. The van der Waals surface area contributed by atoms with Gasteiger partial charge in [-0.25, -0.2) is 12.8 Å². The Morgan fingerprint density at radius 1 is 1.00 bits per heavy atom. The number of halogens is 1. The van der Waals surface area contributed by atoms with E-state index >= 15 is 0 Å². The molecule has 27 heavy (non-hydrogen) atoms. The molecule has 0 atom stereocenters. The fraction of sp³-hybridized carbons (Fsp3) is 0.158. The Labute approximate surface area is 160 Å². The van der Waals surface area contributed by atoms with Crippen LogP contribution in [0.3, 0.4) is 0 Å². The third-order valence-corrected chi connectivity index (χ3v) is 6.74. The highest BCUT2D eigenvalue weighted by Gasteiger charge is 2.27. The first-order valence-electron chi connectivity index (χ1n) is 8.24. The summed E-state index contributed by atoms with van der Waals surface area (Å²) in [7, 11) is -3.90. The second-order valence-corrected chi connectivity index (χ2v) is 8.77. The van der Waals surface area contributed by atoms with Crippen molar-refractivity contribution in [2.24, 2.45) is 0 Å². The Bertz CT molecular complexity index is 1030. The summed E-state index contributed by atoms with van der Waals surface area (Å²) in [6.07, 6.45) is 0. The zero-order valence-corrected chi connectivity index (χ0v) is 15.8. The van der Waals surface area contributed by atoms with E-state index in [4.69, 9.17) is 9.47 Å². The molecule has 0 saturated carbocycles. The van der Waals surface area contributed by atoms with E-state index in [1.54, 1.807) is 18.2 Å². The summed E-state index contributed by atoms with van der Waals surface area (Å²) in [5.74, 6) is 0.600. The molecule has 0 unspecified atom stereocenters. The van der Waals surface area contributed by atoms with Crippen molar-refractivity contribution in [1.29, 1.82) is 0 Å². The van der Waals surface area contributed by atoms with E-state index in [2.05, 4.69) is 0 Å². The Hall–Kier alpha value is -2.58. The van der Waals surface area contributed by atoms with Crippen LogP contribution in [0.5, 0.6) is 11.5 Å². The molecular formula is C19H16FNO4S2. The van der Waals surface area contributed by atoms with Gasteiger partial charge in [-0.15, -0.1) is 11.3 Å². The Kier molecular flexibility index (Phi) is 4.75. The number of fused-ring (bicyclic) bond motifs is 1. The van der Waals surface area contributed by atoms with Gasteiger partial charge in [0.05, 0.1) is 17.1 Å². The van der Waals surface area contributed by atoms with Gasteiger partial charge < -0.3 is 9.47 Å². The third-order valence-electron chi connectivity index (χ3n) is 4.09. The quantitative estimate of drug-likeness (QED) is 0.643. The number of hydrogen-bond donors (Lipinski definition) is 0. The van der Waals surface area contributed by atoms with Gasteiger partial charge in [0, 0.05) is 10.9 Å². The van der Waals surface area contributed by atoms with Gasteiger partial charge in [0.25, 0.3) is 10.0 Å². The van der Waals surface area contributed by atoms with Crippen molar-refractivity contribution in [3.05, 3.63) is 70.7 Å². The van der Waals surface area contributed by atoms with Crippen LogP contribution in [0.15, 0.2) is 64.9 Å². The van der Waals surface area contributed by atoms with E-state index in [9.17, 15) is 12.8 Å². The van der Waals surface area contributed by atoms with Crippen LogP contribution in [0.1, 0.15) is 4.88 Å². The molecule has 0 amide bonds. The second kappa shape index (κ2) is 7.21. The van der Waals surface area contributed by atoms with Crippen LogP contribution < -0.4 is 13.8 Å². The van der Waals surface area contributed by atoms with Crippen molar-refractivity contribution in [1.82, 2.24) is 0 Å². The van der Waals surface area contributed by atoms with Crippen LogP contribution >= 0.6 is 11.3 Å². The lowest BCUT2D eigenvalue weighted by molar-refractivity contribution is 0.171. The van der Waals surface area contributed by atoms with Gasteiger partial charge >= 0.3 is 0 Å². The normalized spacial score (nSPS) is 13.4. The predicted octanol–water partition coefficient (Wildman–Crippen LogP) is 4.05. The molecule has 0 bridgehead atoms. The highest BCUT2D eigenvalue weighted by Crippen LogP contribution is 2.36. The molecule has 4 rings (SSSR count).